The first kappa shape index (κ1) is 16.6. The van der Waals surface area contributed by atoms with Gasteiger partial charge in [0.05, 0.1) is 17.6 Å². The molecule has 0 radical (unpaired) electrons. The SMILES string of the molecule is Cc1ccc(C(=O)C=Nc2c(C)n(C)n(-c3ccccc3)c2=O)cc1. The zero-order valence-electron chi connectivity index (χ0n) is 14.4. The average Bonchev–Trinajstić information content (AvgIpc) is 2.83. The van der Waals surface area contributed by atoms with Gasteiger partial charge in [0.2, 0.25) is 5.78 Å². The molecule has 3 aromatic rings. The molecule has 5 nitrogen and oxygen atoms in total. The third-order valence-electron chi connectivity index (χ3n) is 4.17. The zero-order chi connectivity index (χ0) is 18.0. The maximum atomic E-state index is 12.7. The summed E-state index contributed by atoms with van der Waals surface area (Å²) in [6.07, 6.45) is 1.21. The van der Waals surface area contributed by atoms with Gasteiger partial charge in [0.25, 0.3) is 5.56 Å². The number of hydrogen-bond acceptors (Lipinski definition) is 3. The number of aromatic nitrogens is 2. The number of carbonyl (C=O) groups excluding carboxylic acids is 1. The van der Waals surface area contributed by atoms with Gasteiger partial charge in [-0.3, -0.25) is 14.3 Å². The summed E-state index contributed by atoms with van der Waals surface area (Å²) in [5, 5.41) is 0. The molecule has 126 valence electrons. The molecule has 0 spiro atoms. The first-order chi connectivity index (χ1) is 12.0. The summed E-state index contributed by atoms with van der Waals surface area (Å²) in [4.78, 5) is 29.2. The second-order valence-electron chi connectivity index (χ2n) is 5.90. The van der Waals surface area contributed by atoms with Gasteiger partial charge in [-0.25, -0.2) is 9.67 Å². The van der Waals surface area contributed by atoms with Gasteiger partial charge >= 0.3 is 0 Å². The van der Waals surface area contributed by atoms with Crippen LogP contribution in [0.25, 0.3) is 5.69 Å². The lowest BCUT2D eigenvalue weighted by molar-refractivity contribution is 0.107. The first-order valence-electron chi connectivity index (χ1n) is 7.98. The quantitative estimate of drug-likeness (QED) is 0.543. The van der Waals surface area contributed by atoms with Crippen molar-refractivity contribution in [3.63, 3.8) is 0 Å². The van der Waals surface area contributed by atoms with Crippen LogP contribution in [0.2, 0.25) is 0 Å². The Balaban J connectivity index is 1.97. The lowest BCUT2D eigenvalue weighted by atomic mass is 10.1. The highest BCUT2D eigenvalue weighted by atomic mass is 16.1. The number of para-hydroxylation sites is 1. The van der Waals surface area contributed by atoms with Crippen LogP contribution in [-0.4, -0.2) is 21.4 Å². The number of carbonyl (C=O) groups is 1. The van der Waals surface area contributed by atoms with Gasteiger partial charge in [-0.05, 0) is 26.0 Å². The van der Waals surface area contributed by atoms with Gasteiger partial charge < -0.3 is 0 Å². The number of aliphatic imine (C=N–C) groups is 1. The Morgan fingerprint density at radius 3 is 2.28 bits per heavy atom. The smallest absolute Gasteiger partial charge is 0.288 e. The molecular formula is C20H19N3O2. The Kier molecular flexibility index (Phi) is 4.48. The van der Waals surface area contributed by atoms with Gasteiger partial charge in [0.15, 0.2) is 5.69 Å². The monoisotopic (exact) mass is 333 g/mol. The summed E-state index contributed by atoms with van der Waals surface area (Å²) < 4.78 is 3.28. The van der Waals surface area contributed by atoms with Crippen LogP contribution >= 0.6 is 0 Å². The molecule has 3 rings (SSSR count). The fourth-order valence-corrected chi connectivity index (χ4v) is 2.62. The van der Waals surface area contributed by atoms with Crippen molar-refractivity contribution < 1.29 is 4.79 Å². The number of hydrogen-bond donors (Lipinski definition) is 0. The zero-order valence-corrected chi connectivity index (χ0v) is 14.4. The van der Waals surface area contributed by atoms with Crippen molar-refractivity contribution >= 4 is 17.7 Å². The minimum atomic E-state index is -0.251. The van der Waals surface area contributed by atoms with Gasteiger partial charge in [0, 0.05) is 12.6 Å². The Hall–Kier alpha value is -3.21. The first-order valence-corrected chi connectivity index (χ1v) is 7.98. The summed E-state index contributed by atoms with van der Waals surface area (Å²) in [6, 6.07) is 16.6. The maximum absolute atomic E-state index is 12.7. The molecule has 5 heteroatoms. The van der Waals surface area contributed by atoms with Crippen LogP contribution in [0.15, 0.2) is 64.4 Å². The molecule has 0 saturated carbocycles. The van der Waals surface area contributed by atoms with Crippen molar-refractivity contribution in [2.45, 2.75) is 13.8 Å². The van der Waals surface area contributed by atoms with Crippen molar-refractivity contribution in [2.24, 2.45) is 12.0 Å². The lowest BCUT2D eigenvalue weighted by Crippen LogP contribution is -2.19. The molecule has 0 aliphatic heterocycles. The number of aryl methyl sites for hydroxylation is 1. The van der Waals surface area contributed by atoms with Crippen molar-refractivity contribution in [2.75, 3.05) is 0 Å². The molecule has 0 bridgehead atoms. The van der Waals surface area contributed by atoms with Crippen molar-refractivity contribution in [3.05, 3.63) is 81.8 Å². The standard InChI is InChI=1S/C20H19N3O2/c1-14-9-11-16(12-10-14)18(24)13-21-19-15(2)22(3)23(20(19)25)17-7-5-4-6-8-17/h4-13H,1-3H3. The fourth-order valence-electron chi connectivity index (χ4n) is 2.62. The van der Waals surface area contributed by atoms with Crippen LogP contribution in [0.5, 0.6) is 0 Å². The van der Waals surface area contributed by atoms with E-state index in [0.29, 0.717) is 11.3 Å². The predicted octanol–water partition coefficient (Wildman–Crippen LogP) is 3.38. The van der Waals surface area contributed by atoms with E-state index in [2.05, 4.69) is 4.99 Å². The summed E-state index contributed by atoms with van der Waals surface area (Å²) in [6.45, 7) is 3.77. The molecular weight excluding hydrogens is 314 g/mol. The predicted molar refractivity (Wildman–Crippen MR) is 99.4 cm³/mol. The van der Waals surface area contributed by atoms with E-state index in [-0.39, 0.29) is 17.0 Å². The summed E-state index contributed by atoms with van der Waals surface area (Å²) in [5.41, 5.74) is 3.10. The number of Topliss-reactive ketones (excluding diaryl/α,β-unsaturated/α-hetero) is 1. The third-order valence-corrected chi connectivity index (χ3v) is 4.17. The summed E-state index contributed by atoms with van der Waals surface area (Å²) in [5.74, 6) is -0.228. The molecule has 0 fully saturated rings. The molecule has 0 N–H and O–H groups in total. The number of ketones is 1. The highest BCUT2D eigenvalue weighted by Gasteiger charge is 2.15. The minimum Gasteiger partial charge on any atom is -0.288 e. The highest BCUT2D eigenvalue weighted by Crippen LogP contribution is 2.16. The summed E-state index contributed by atoms with van der Waals surface area (Å²) in [7, 11) is 1.80. The van der Waals surface area contributed by atoms with E-state index >= 15 is 0 Å². The third kappa shape index (κ3) is 3.21. The Bertz CT molecular complexity index is 994. The molecule has 0 saturated heterocycles. The lowest BCUT2D eigenvalue weighted by Gasteiger charge is -2.07. The van der Waals surface area contributed by atoms with Gasteiger partial charge in [0.1, 0.15) is 0 Å². The van der Waals surface area contributed by atoms with Crippen LogP contribution < -0.4 is 5.56 Å². The number of rotatable bonds is 4. The Labute approximate surface area is 145 Å². The second-order valence-corrected chi connectivity index (χ2v) is 5.90. The van der Waals surface area contributed by atoms with Gasteiger partial charge in [-0.15, -0.1) is 0 Å². The van der Waals surface area contributed by atoms with Crippen LogP contribution in [0, 0.1) is 13.8 Å². The molecule has 1 heterocycles. The molecule has 0 atom stereocenters. The molecule has 0 amide bonds. The second kappa shape index (κ2) is 6.73. The Morgan fingerprint density at radius 2 is 1.64 bits per heavy atom. The van der Waals surface area contributed by atoms with Crippen molar-refractivity contribution in [3.8, 4) is 5.69 Å². The number of benzene rings is 2. The van der Waals surface area contributed by atoms with Gasteiger partial charge in [-0.2, -0.15) is 0 Å². The normalized spacial score (nSPS) is 11.2. The van der Waals surface area contributed by atoms with E-state index < -0.39 is 0 Å². The minimum absolute atomic E-state index is 0.228. The molecule has 2 aromatic carbocycles. The van der Waals surface area contributed by atoms with Crippen LogP contribution in [0.3, 0.4) is 0 Å². The van der Waals surface area contributed by atoms with Crippen molar-refractivity contribution in [1.82, 2.24) is 9.36 Å². The molecule has 0 aliphatic carbocycles. The van der Waals surface area contributed by atoms with E-state index in [4.69, 9.17) is 0 Å². The Morgan fingerprint density at radius 1 is 1.00 bits per heavy atom. The van der Waals surface area contributed by atoms with E-state index in [1.807, 2.05) is 56.3 Å². The maximum Gasteiger partial charge on any atom is 0.297 e. The summed E-state index contributed by atoms with van der Waals surface area (Å²) >= 11 is 0. The van der Waals surface area contributed by atoms with Gasteiger partial charge in [-0.1, -0.05) is 48.0 Å². The van der Waals surface area contributed by atoms with E-state index in [9.17, 15) is 9.59 Å². The van der Waals surface area contributed by atoms with E-state index in [1.165, 1.54) is 6.21 Å². The average molecular weight is 333 g/mol. The van der Waals surface area contributed by atoms with Crippen LogP contribution in [0.1, 0.15) is 21.6 Å². The fraction of sp³-hybridized carbons (Fsp3) is 0.150. The van der Waals surface area contributed by atoms with Crippen LogP contribution in [-0.2, 0) is 7.05 Å². The number of nitrogens with zero attached hydrogens (tertiary/aromatic N) is 3. The topological polar surface area (TPSA) is 56.4 Å². The molecule has 1 aromatic heterocycles. The highest BCUT2D eigenvalue weighted by molar-refractivity contribution is 6.35. The van der Waals surface area contributed by atoms with E-state index in [0.717, 1.165) is 11.3 Å². The van der Waals surface area contributed by atoms with E-state index in [1.54, 1.807) is 28.5 Å². The van der Waals surface area contributed by atoms with Crippen LogP contribution in [0.4, 0.5) is 5.69 Å². The largest absolute Gasteiger partial charge is 0.297 e. The van der Waals surface area contributed by atoms with Crippen molar-refractivity contribution in [1.29, 1.82) is 0 Å². The molecule has 0 aliphatic rings. The molecule has 0 unspecified atom stereocenters. The molecule has 25 heavy (non-hydrogen) atoms.